The van der Waals surface area contributed by atoms with E-state index < -0.39 is 9.84 Å². The van der Waals surface area contributed by atoms with Crippen LogP contribution in [0.25, 0.3) is 10.9 Å². The van der Waals surface area contributed by atoms with Crippen molar-refractivity contribution in [2.24, 2.45) is 5.92 Å². The fourth-order valence-electron chi connectivity index (χ4n) is 4.11. The molecule has 29 heavy (non-hydrogen) atoms. The van der Waals surface area contributed by atoms with Gasteiger partial charge in [-0.1, -0.05) is 48.0 Å². The Morgan fingerprint density at radius 1 is 1.14 bits per heavy atom. The molecule has 0 radical (unpaired) electrons. The Labute approximate surface area is 175 Å². The summed E-state index contributed by atoms with van der Waals surface area (Å²) in [4.78, 5) is 15.8. The fraction of sp³-hybridized carbons (Fsp3) is 0.318. The summed E-state index contributed by atoms with van der Waals surface area (Å²) in [6.45, 7) is 0.393. The van der Waals surface area contributed by atoms with Crippen LogP contribution in [-0.4, -0.2) is 37.4 Å². The Morgan fingerprint density at radius 3 is 2.66 bits per heavy atom. The molecular formula is C22H23ClN2O3S. The number of amides is 1. The van der Waals surface area contributed by atoms with E-state index in [4.69, 9.17) is 11.6 Å². The van der Waals surface area contributed by atoms with Crippen LogP contribution in [0.4, 0.5) is 0 Å². The van der Waals surface area contributed by atoms with Gasteiger partial charge in [-0.3, -0.25) is 4.79 Å². The van der Waals surface area contributed by atoms with Crippen molar-refractivity contribution in [3.8, 4) is 0 Å². The summed E-state index contributed by atoms with van der Waals surface area (Å²) in [5.74, 6) is -0.0359. The maximum Gasteiger partial charge on any atom is 0.220 e. The van der Waals surface area contributed by atoms with Gasteiger partial charge in [0.05, 0.1) is 11.5 Å². The zero-order chi connectivity index (χ0) is 20.4. The second kappa shape index (κ2) is 8.20. The number of hydrogen-bond donors (Lipinski definition) is 2. The number of H-pyrrole nitrogens is 1. The Hall–Kier alpha value is -2.31. The number of benzene rings is 2. The van der Waals surface area contributed by atoms with Crippen LogP contribution in [0.1, 0.15) is 29.9 Å². The van der Waals surface area contributed by atoms with Crippen molar-refractivity contribution in [2.45, 2.75) is 18.8 Å². The monoisotopic (exact) mass is 430 g/mol. The average Bonchev–Trinajstić information content (AvgIpc) is 3.26. The Kier molecular flexibility index (Phi) is 5.65. The first-order chi connectivity index (χ1) is 13.9. The number of halogens is 1. The molecule has 3 aromatic rings. The number of carbonyl (C=O) groups is 1. The highest BCUT2D eigenvalue weighted by molar-refractivity contribution is 7.91. The molecule has 2 heterocycles. The van der Waals surface area contributed by atoms with Crippen LogP contribution in [0.15, 0.2) is 54.7 Å². The summed E-state index contributed by atoms with van der Waals surface area (Å²) >= 11 is 6.48. The third-order valence-electron chi connectivity index (χ3n) is 5.58. The van der Waals surface area contributed by atoms with Crippen LogP contribution in [0.5, 0.6) is 0 Å². The highest BCUT2D eigenvalue weighted by Crippen LogP contribution is 2.34. The van der Waals surface area contributed by atoms with Crippen molar-refractivity contribution in [3.63, 3.8) is 0 Å². The van der Waals surface area contributed by atoms with Crippen LogP contribution in [-0.2, 0) is 14.6 Å². The second-order valence-corrected chi connectivity index (χ2v) is 10.3. The molecule has 1 aliphatic heterocycles. The number of nitrogens with one attached hydrogen (secondary N) is 2. The maximum absolute atomic E-state index is 12.5. The normalized spacial score (nSPS) is 19.3. The first kappa shape index (κ1) is 20.0. The van der Waals surface area contributed by atoms with Crippen molar-refractivity contribution in [3.05, 3.63) is 70.9 Å². The summed E-state index contributed by atoms with van der Waals surface area (Å²) in [6, 6.07) is 15.7. The number of carbonyl (C=O) groups excluding carboxylic acids is 1. The van der Waals surface area contributed by atoms with Crippen LogP contribution >= 0.6 is 11.6 Å². The van der Waals surface area contributed by atoms with Crippen LogP contribution < -0.4 is 5.32 Å². The van der Waals surface area contributed by atoms with Crippen molar-refractivity contribution < 1.29 is 13.2 Å². The van der Waals surface area contributed by atoms with Gasteiger partial charge in [-0.25, -0.2) is 8.42 Å². The highest BCUT2D eigenvalue weighted by Gasteiger charge is 2.29. The van der Waals surface area contributed by atoms with Crippen molar-refractivity contribution in [1.82, 2.24) is 10.3 Å². The number of aromatic amines is 1. The van der Waals surface area contributed by atoms with Crippen molar-refractivity contribution >= 4 is 38.2 Å². The average molecular weight is 431 g/mol. The molecule has 2 N–H and O–H groups in total. The van der Waals surface area contributed by atoms with E-state index >= 15 is 0 Å². The lowest BCUT2D eigenvalue weighted by atomic mass is 9.90. The third kappa shape index (κ3) is 4.49. The molecule has 0 spiro atoms. The molecule has 5 nitrogen and oxygen atoms in total. The summed E-state index contributed by atoms with van der Waals surface area (Å²) in [5.41, 5.74) is 3.04. The van der Waals surface area contributed by atoms with Gasteiger partial charge in [-0.15, -0.1) is 0 Å². The Bertz CT molecular complexity index is 1140. The Morgan fingerprint density at radius 2 is 1.90 bits per heavy atom. The van der Waals surface area contributed by atoms with Gasteiger partial charge in [0.25, 0.3) is 0 Å². The smallest absolute Gasteiger partial charge is 0.220 e. The topological polar surface area (TPSA) is 79.0 Å². The lowest BCUT2D eigenvalue weighted by molar-refractivity contribution is -0.121. The molecule has 152 valence electrons. The number of fused-ring (bicyclic) bond motifs is 1. The van der Waals surface area contributed by atoms with Crippen LogP contribution in [0.3, 0.4) is 0 Å². The lowest BCUT2D eigenvalue weighted by Gasteiger charge is -2.20. The van der Waals surface area contributed by atoms with Gasteiger partial charge in [0, 0.05) is 41.0 Å². The highest BCUT2D eigenvalue weighted by atomic mass is 35.5. The fourth-order valence-corrected chi connectivity index (χ4v) is 6.24. The molecule has 1 aliphatic rings. The van der Waals surface area contributed by atoms with E-state index in [2.05, 4.69) is 16.4 Å². The molecule has 1 aromatic heterocycles. The zero-order valence-corrected chi connectivity index (χ0v) is 17.5. The van der Waals surface area contributed by atoms with Gasteiger partial charge in [-0.05, 0) is 35.6 Å². The molecule has 0 bridgehead atoms. The van der Waals surface area contributed by atoms with Gasteiger partial charge in [-0.2, -0.15) is 0 Å². The molecule has 4 rings (SSSR count). The predicted octanol–water partition coefficient (Wildman–Crippen LogP) is 3.89. The van der Waals surface area contributed by atoms with E-state index in [-0.39, 0.29) is 35.7 Å². The zero-order valence-electron chi connectivity index (χ0n) is 15.9. The summed E-state index contributed by atoms with van der Waals surface area (Å²) in [6.07, 6.45) is 2.77. The summed E-state index contributed by atoms with van der Waals surface area (Å²) < 4.78 is 23.3. The number of rotatable bonds is 6. The van der Waals surface area contributed by atoms with Crippen molar-refractivity contribution in [1.29, 1.82) is 0 Å². The van der Waals surface area contributed by atoms with Gasteiger partial charge < -0.3 is 10.3 Å². The molecule has 7 heteroatoms. The first-order valence-electron chi connectivity index (χ1n) is 9.70. The number of hydrogen-bond acceptors (Lipinski definition) is 3. The van der Waals surface area contributed by atoms with E-state index in [1.54, 1.807) is 0 Å². The van der Waals surface area contributed by atoms with E-state index in [0.717, 1.165) is 22.0 Å². The van der Waals surface area contributed by atoms with Gasteiger partial charge >= 0.3 is 0 Å². The van der Waals surface area contributed by atoms with Gasteiger partial charge in [0.1, 0.15) is 0 Å². The first-order valence-corrected chi connectivity index (χ1v) is 11.9. The lowest BCUT2D eigenvalue weighted by Crippen LogP contribution is -2.30. The number of aromatic nitrogens is 1. The van der Waals surface area contributed by atoms with Crippen molar-refractivity contribution in [2.75, 3.05) is 18.1 Å². The molecule has 0 unspecified atom stereocenters. The molecule has 1 amide bonds. The van der Waals surface area contributed by atoms with Gasteiger partial charge in [0.15, 0.2) is 9.84 Å². The standard InChI is InChI=1S/C22H23ClN2O3S/c23-20-7-3-1-5-16(20)18(19-12-24-21-8-4-2-6-17(19)21)13-25-22(26)11-15-9-10-29(27,28)14-15/h1-8,12,15,18,24H,9-11,13-14H2,(H,25,26)/t15-,18+/m1/s1. The van der Waals surface area contributed by atoms with E-state index in [0.29, 0.717) is 18.0 Å². The Balaban J connectivity index is 1.55. The minimum Gasteiger partial charge on any atom is -0.361 e. The molecule has 2 aromatic carbocycles. The largest absolute Gasteiger partial charge is 0.361 e. The predicted molar refractivity (Wildman–Crippen MR) is 116 cm³/mol. The van der Waals surface area contributed by atoms with E-state index in [9.17, 15) is 13.2 Å². The van der Waals surface area contributed by atoms with Crippen LogP contribution in [0, 0.1) is 5.92 Å². The minimum absolute atomic E-state index is 0.0909. The third-order valence-corrected chi connectivity index (χ3v) is 7.76. The SMILES string of the molecule is O=C(C[C@H]1CCS(=O)(=O)C1)NC[C@@H](c1ccccc1Cl)c1c[nH]c2ccccc12. The molecule has 2 atom stereocenters. The molecule has 1 saturated heterocycles. The number of sulfone groups is 1. The van der Waals surface area contributed by atoms with Gasteiger partial charge in [0.2, 0.25) is 5.91 Å². The minimum atomic E-state index is -2.98. The second-order valence-electron chi connectivity index (χ2n) is 7.64. The maximum atomic E-state index is 12.5. The molecule has 1 fully saturated rings. The number of para-hydroxylation sites is 1. The molecular weight excluding hydrogens is 408 g/mol. The summed E-state index contributed by atoms with van der Waals surface area (Å²) in [7, 11) is -2.98. The quantitative estimate of drug-likeness (QED) is 0.622. The van der Waals surface area contributed by atoms with E-state index in [1.807, 2.05) is 48.7 Å². The summed E-state index contributed by atoms with van der Waals surface area (Å²) in [5, 5.41) is 4.75. The van der Waals surface area contributed by atoms with E-state index in [1.165, 1.54) is 0 Å². The molecule has 0 saturated carbocycles. The van der Waals surface area contributed by atoms with Crippen LogP contribution in [0.2, 0.25) is 5.02 Å². The molecule has 0 aliphatic carbocycles.